The summed E-state index contributed by atoms with van der Waals surface area (Å²) < 4.78 is 30.1. The van der Waals surface area contributed by atoms with E-state index in [2.05, 4.69) is 10.6 Å². The summed E-state index contributed by atoms with van der Waals surface area (Å²) in [5.74, 6) is -4.57. The predicted molar refractivity (Wildman–Crippen MR) is 107 cm³/mol. The monoisotopic (exact) mass is 428 g/mol. The van der Waals surface area contributed by atoms with E-state index in [1.165, 1.54) is 0 Å². The molecule has 0 aromatic heterocycles. The lowest BCUT2D eigenvalue weighted by Gasteiger charge is -2.35. The van der Waals surface area contributed by atoms with Crippen LogP contribution in [0.4, 0.5) is 8.78 Å². The van der Waals surface area contributed by atoms with Gasteiger partial charge in [-0.25, -0.2) is 8.78 Å². The zero-order chi connectivity index (χ0) is 22.3. The quantitative estimate of drug-likeness (QED) is 0.374. The third-order valence-electron chi connectivity index (χ3n) is 5.38. The highest BCUT2D eigenvalue weighted by molar-refractivity contribution is 6.00. The molecule has 2 saturated heterocycles. The first-order valence-corrected chi connectivity index (χ1v) is 10.2. The Labute approximate surface area is 175 Å². The van der Waals surface area contributed by atoms with Crippen LogP contribution < -0.4 is 10.6 Å². The first kappa shape index (κ1) is 23.9. The van der Waals surface area contributed by atoms with Crippen LogP contribution in [0, 0.1) is 5.92 Å². The summed E-state index contributed by atoms with van der Waals surface area (Å²) in [6.07, 6.45) is 1.52. The van der Waals surface area contributed by atoms with Crippen LogP contribution in [-0.2, 0) is 14.4 Å². The molecule has 2 fully saturated rings. The van der Waals surface area contributed by atoms with Gasteiger partial charge in [0.25, 0.3) is 0 Å². The van der Waals surface area contributed by atoms with Gasteiger partial charge in [0, 0.05) is 45.6 Å². The van der Waals surface area contributed by atoms with Gasteiger partial charge in [-0.15, -0.1) is 0 Å². The molecule has 10 heteroatoms. The molecule has 2 aliphatic heterocycles. The lowest BCUT2D eigenvalue weighted by atomic mass is 10.0. The number of carbonyl (C=O) groups excluding carboxylic acids is 2. The number of carbonyl (C=O) groups is 3. The molecule has 2 aliphatic rings. The number of rotatable bonds is 9. The number of piperidine rings is 1. The van der Waals surface area contributed by atoms with Crippen molar-refractivity contribution in [2.45, 2.75) is 38.6 Å². The third kappa shape index (κ3) is 6.60. The van der Waals surface area contributed by atoms with Crippen LogP contribution in [-0.4, -0.2) is 78.5 Å². The van der Waals surface area contributed by atoms with Crippen molar-refractivity contribution >= 4 is 17.8 Å². The molecule has 30 heavy (non-hydrogen) atoms. The largest absolute Gasteiger partial charge is 0.481 e. The van der Waals surface area contributed by atoms with Gasteiger partial charge in [-0.1, -0.05) is 6.92 Å². The summed E-state index contributed by atoms with van der Waals surface area (Å²) >= 11 is 0. The first-order valence-electron chi connectivity index (χ1n) is 10.2. The maximum absolute atomic E-state index is 15.1. The number of hydrogen-bond acceptors (Lipinski definition) is 6. The molecule has 2 unspecified atom stereocenters. The van der Waals surface area contributed by atoms with E-state index < -0.39 is 35.5 Å². The van der Waals surface area contributed by atoms with E-state index in [1.54, 1.807) is 11.8 Å². The van der Waals surface area contributed by atoms with Crippen LogP contribution >= 0.6 is 0 Å². The van der Waals surface area contributed by atoms with Crippen molar-refractivity contribution in [2.24, 2.45) is 5.92 Å². The van der Waals surface area contributed by atoms with Crippen molar-refractivity contribution in [1.82, 2.24) is 20.4 Å². The Morgan fingerprint density at radius 3 is 2.53 bits per heavy atom. The number of allylic oxidation sites excluding steroid dienone is 1. The van der Waals surface area contributed by atoms with Gasteiger partial charge in [0.1, 0.15) is 17.4 Å². The summed E-state index contributed by atoms with van der Waals surface area (Å²) in [5.41, 5.74) is -0.215. The minimum Gasteiger partial charge on any atom is -0.481 e. The van der Waals surface area contributed by atoms with Gasteiger partial charge in [0.15, 0.2) is 0 Å². The number of piperazine rings is 1. The van der Waals surface area contributed by atoms with Crippen LogP contribution in [0.3, 0.4) is 0 Å². The fourth-order valence-electron chi connectivity index (χ4n) is 3.46. The minimum absolute atomic E-state index is 0.0821. The van der Waals surface area contributed by atoms with Crippen molar-refractivity contribution < 1.29 is 28.3 Å². The van der Waals surface area contributed by atoms with Crippen molar-refractivity contribution in [3.8, 4) is 0 Å². The SMILES string of the molecule is CCC(/C=C(F)\C(=C(\F)CCNC1CCC(=O)NC1=O)N1CCN(C)CC1)C(=O)O. The van der Waals surface area contributed by atoms with Crippen molar-refractivity contribution in [3.63, 3.8) is 0 Å². The van der Waals surface area contributed by atoms with Gasteiger partial charge in [-0.3, -0.25) is 19.7 Å². The maximum atomic E-state index is 15.1. The fourth-order valence-corrected chi connectivity index (χ4v) is 3.46. The van der Waals surface area contributed by atoms with E-state index >= 15 is 8.78 Å². The highest BCUT2D eigenvalue weighted by atomic mass is 19.1. The molecule has 2 atom stereocenters. The van der Waals surface area contributed by atoms with Gasteiger partial charge in [-0.2, -0.15) is 0 Å². The number of aliphatic carboxylic acids is 1. The van der Waals surface area contributed by atoms with E-state index in [-0.39, 0.29) is 37.4 Å². The molecule has 0 radical (unpaired) electrons. The van der Waals surface area contributed by atoms with Crippen LogP contribution in [0.5, 0.6) is 0 Å². The van der Waals surface area contributed by atoms with E-state index in [4.69, 9.17) is 0 Å². The fraction of sp³-hybridized carbons (Fsp3) is 0.650. The molecule has 168 valence electrons. The van der Waals surface area contributed by atoms with Gasteiger partial charge in [-0.05, 0) is 26.0 Å². The summed E-state index contributed by atoms with van der Waals surface area (Å²) in [4.78, 5) is 37.9. The predicted octanol–water partition coefficient (Wildman–Crippen LogP) is 1.16. The van der Waals surface area contributed by atoms with Gasteiger partial charge >= 0.3 is 5.97 Å². The molecular weight excluding hydrogens is 398 g/mol. The Morgan fingerprint density at radius 1 is 1.30 bits per heavy atom. The second-order valence-electron chi connectivity index (χ2n) is 7.62. The van der Waals surface area contributed by atoms with Crippen LogP contribution in [0.25, 0.3) is 0 Å². The average molecular weight is 428 g/mol. The number of nitrogens with one attached hydrogen (secondary N) is 2. The second-order valence-corrected chi connectivity index (χ2v) is 7.62. The van der Waals surface area contributed by atoms with Crippen LogP contribution in [0.1, 0.15) is 32.6 Å². The van der Waals surface area contributed by atoms with E-state index in [0.717, 1.165) is 6.08 Å². The van der Waals surface area contributed by atoms with Gasteiger partial charge < -0.3 is 20.2 Å². The van der Waals surface area contributed by atoms with Crippen molar-refractivity contribution in [2.75, 3.05) is 39.8 Å². The molecule has 0 saturated carbocycles. The Balaban J connectivity index is 2.13. The summed E-state index contributed by atoms with van der Waals surface area (Å²) in [6.45, 7) is 3.82. The smallest absolute Gasteiger partial charge is 0.310 e. The van der Waals surface area contributed by atoms with E-state index in [1.807, 2.05) is 11.9 Å². The Morgan fingerprint density at radius 2 is 1.97 bits per heavy atom. The number of carboxylic acids is 1. The maximum Gasteiger partial charge on any atom is 0.310 e. The van der Waals surface area contributed by atoms with Gasteiger partial charge in [0.2, 0.25) is 11.8 Å². The lowest BCUT2D eigenvalue weighted by molar-refractivity contribution is -0.140. The molecule has 3 N–H and O–H groups in total. The molecule has 2 rings (SSSR count). The molecule has 2 amide bonds. The standard InChI is InChI=1S/C20H30F2N4O4/c1-3-13(20(29)30)12-15(22)18(26-10-8-25(2)9-11-26)14(21)6-7-23-16-4-5-17(27)24-19(16)28/h12-13,16,23H,3-11H2,1-2H3,(H,29,30)(H,24,27,28)/b15-12+,18-14-. The first-order chi connectivity index (χ1) is 14.2. The van der Waals surface area contributed by atoms with E-state index in [0.29, 0.717) is 32.6 Å². The molecule has 8 nitrogen and oxygen atoms in total. The molecular formula is C20H30F2N4O4. The number of likely N-dealkylation sites (N-methyl/N-ethyl adjacent to an activating group) is 1. The summed E-state index contributed by atoms with van der Waals surface area (Å²) in [7, 11) is 1.92. The number of amides is 2. The zero-order valence-electron chi connectivity index (χ0n) is 17.4. The number of halogens is 2. The Bertz CT molecular complexity index is 718. The van der Waals surface area contributed by atoms with E-state index in [9.17, 15) is 19.5 Å². The number of hydrogen-bond donors (Lipinski definition) is 3. The molecule has 0 aliphatic carbocycles. The summed E-state index contributed by atoms with van der Waals surface area (Å²) in [6, 6.07) is -0.598. The Hall–Kier alpha value is -2.33. The molecule has 0 spiro atoms. The highest BCUT2D eigenvalue weighted by Gasteiger charge is 2.27. The minimum atomic E-state index is -1.16. The highest BCUT2D eigenvalue weighted by Crippen LogP contribution is 2.27. The molecule has 0 aromatic rings. The third-order valence-corrected chi connectivity index (χ3v) is 5.38. The number of nitrogens with zero attached hydrogens (tertiary/aromatic N) is 2. The van der Waals surface area contributed by atoms with Gasteiger partial charge in [0.05, 0.1) is 12.0 Å². The Kier molecular flexibility index (Phi) is 8.91. The zero-order valence-corrected chi connectivity index (χ0v) is 17.4. The van der Waals surface area contributed by atoms with Crippen molar-refractivity contribution in [3.05, 3.63) is 23.4 Å². The molecule has 0 bridgehead atoms. The normalized spacial score (nSPS) is 23.1. The number of imide groups is 1. The second kappa shape index (κ2) is 11.2. The lowest BCUT2D eigenvalue weighted by Crippen LogP contribution is -2.50. The topological polar surface area (TPSA) is 102 Å². The van der Waals surface area contributed by atoms with Crippen molar-refractivity contribution in [1.29, 1.82) is 0 Å². The molecule has 0 aromatic carbocycles. The average Bonchev–Trinajstić information content (AvgIpc) is 2.69. The molecule has 2 heterocycles. The van der Waals surface area contributed by atoms with Crippen LogP contribution in [0.2, 0.25) is 0 Å². The summed E-state index contributed by atoms with van der Waals surface area (Å²) in [5, 5.41) is 14.3. The van der Waals surface area contributed by atoms with Crippen LogP contribution in [0.15, 0.2) is 23.4 Å². The number of carboxylic acid groups (broad SMARTS) is 1.